The Morgan fingerprint density at radius 3 is 2.41 bits per heavy atom. The molecule has 0 saturated carbocycles. The van der Waals surface area contributed by atoms with Gasteiger partial charge in [-0.2, -0.15) is 0 Å². The van der Waals surface area contributed by atoms with Gasteiger partial charge in [0.2, 0.25) is 0 Å². The summed E-state index contributed by atoms with van der Waals surface area (Å²) in [4.78, 5) is 12.6. The third-order valence-electron chi connectivity index (χ3n) is 4.74. The number of fused-ring (bicyclic) bond motifs is 1. The first-order valence-electron chi connectivity index (χ1n) is 6.62. The lowest BCUT2D eigenvalue weighted by Gasteiger charge is -2.39. The van der Waals surface area contributed by atoms with E-state index in [-0.39, 0.29) is 10.8 Å². The fourth-order valence-corrected chi connectivity index (χ4v) is 3.20. The van der Waals surface area contributed by atoms with Gasteiger partial charge in [-0.05, 0) is 38.0 Å². The number of hydrogen-bond acceptors (Lipinski definition) is 1. The highest BCUT2D eigenvalue weighted by Crippen LogP contribution is 2.49. The van der Waals surface area contributed by atoms with Gasteiger partial charge in [-0.25, -0.2) is 0 Å². The Hall–Kier alpha value is -0.850. The fraction of sp³-hybridized carbons (Fsp3) is 0.688. The van der Waals surface area contributed by atoms with Crippen molar-refractivity contribution in [2.24, 2.45) is 16.7 Å². The Morgan fingerprint density at radius 1 is 1.12 bits per heavy atom. The van der Waals surface area contributed by atoms with Crippen molar-refractivity contribution in [1.82, 2.24) is 0 Å². The first-order chi connectivity index (χ1) is 7.74. The van der Waals surface area contributed by atoms with Crippen LogP contribution in [-0.4, -0.2) is 5.78 Å². The van der Waals surface area contributed by atoms with Crippen molar-refractivity contribution < 1.29 is 4.79 Å². The maximum absolute atomic E-state index is 12.6. The predicted octanol–water partition coefficient (Wildman–Crippen LogP) is 4.29. The standard InChI is InChI=1S/C16H24O/c1-11-8-13-6-7-15(3,4)10-14(17)16(13,5)9-12(11)2/h6-7,13H,8-10H2,1-5H3/t13-,16+/m0/s1. The molecule has 0 amide bonds. The molecule has 0 fully saturated rings. The molecule has 2 aliphatic carbocycles. The Balaban J connectivity index is 2.42. The summed E-state index contributed by atoms with van der Waals surface area (Å²) in [6.07, 6.45) is 7.25. The first kappa shape index (κ1) is 12.6. The van der Waals surface area contributed by atoms with Crippen molar-refractivity contribution >= 4 is 5.78 Å². The van der Waals surface area contributed by atoms with Gasteiger partial charge in [-0.15, -0.1) is 0 Å². The van der Waals surface area contributed by atoms with Crippen LogP contribution >= 0.6 is 0 Å². The zero-order chi connectivity index (χ0) is 12.8. The van der Waals surface area contributed by atoms with E-state index in [1.165, 1.54) is 11.1 Å². The summed E-state index contributed by atoms with van der Waals surface area (Å²) in [5.74, 6) is 0.852. The molecule has 2 atom stereocenters. The molecule has 2 aliphatic rings. The molecule has 0 aliphatic heterocycles. The van der Waals surface area contributed by atoms with Crippen LogP contribution in [-0.2, 0) is 4.79 Å². The molecule has 0 spiro atoms. The summed E-state index contributed by atoms with van der Waals surface area (Å²) >= 11 is 0. The van der Waals surface area contributed by atoms with E-state index in [1.807, 2.05) is 0 Å². The predicted molar refractivity (Wildman–Crippen MR) is 71.8 cm³/mol. The third kappa shape index (κ3) is 2.12. The van der Waals surface area contributed by atoms with Crippen LogP contribution in [0.5, 0.6) is 0 Å². The minimum Gasteiger partial charge on any atom is -0.299 e. The average Bonchev–Trinajstić information content (AvgIpc) is 2.27. The van der Waals surface area contributed by atoms with E-state index < -0.39 is 0 Å². The Kier molecular flexibility index (Phi) is 2.84. The molecular weight excluding hydrogens is 208 g/mol. The Morgan fingerprint density at radius 2 is 1.76 bits per heavy atom. The van der Waals surface area contributed by atoms with Crippen LogP contribution < -0.4 is 0 Å². The van der Waals surface area contributed by atoms with Gasteiger partial charge in [0.1, 0.15) is 5.78 Å². The number of hydrogen-bond donors (Lipinski definition) is 0. The maximum atomic E-state index is 12.6. The minimum absolute atomic E-state index is 0.0270. The molecule has 0 aromatic heterocycles. The van der Waals surface area contributed by atoms with Crippen molar-refractivity contribution in [2.75, 3.05) is 0 Å². The van der Waals surface area contributed by atoms with E-state index in [4.69, 9.17) is 0 Å². The molecule has 0 N–H and O–H groups in total. The lowest BCUT2D eigenvalue weighted by atomic mass is 9.63. The molecule has 0 bridgehead atoms. The van der Waals surface area contributed by atoms with E-state index in [2.05, 4.69) is 46.8 Å². The zero-order valence-corrected chi connectivity index (χ0v) is 11.8. The van der Waals surface area contributed by atoms with Crippen LogP contribution in [0.2, 0.25) is 0 Å². The number of carbonyl (C=O) groups is 1. The Bertz CT molecular complexity index is 411. The van der Waals surface area contributed by atoms with E-state index >= 15 is 0 Å². The van der Waals surface area contributed by atoms with Gasteiger partial charge >= 0.3 is 0 Å². The van der Waals surface area contributed by atoms with E-state index in [0.29, 0.717) is 18.1 Å². The molecular formula is C16H24O. The van der Waals surface area contributed by atoms with E-state index in [9.17, 15) is 4.79 Å². The number of carbonyl (C=O) groups excluding carboxylic acids is 1. The van der Waals surface area contributed by atoms with Crippen molar-refractivity contribution in [2.45, 2.75) is 53.9 Å². The van der Waals surface area contributed by atoms with Crippen molar-refractivity contribution in [3.8, 4) is 0 Å². The minimum atomic E-state index is -0.159. The van der Waals surface area contributed by atoms with Crippen LogP contribution in [0, 0.1) is 16.7 Å². The lowest BCUT2D eigenvalue weighted by Crippen LogP contribution is -2.38. The highest BCUT2D eigenvalue weighted by molar-refractivity contribution is 5.87. The molecule has 0 saturated heterocycles. The van der Waals surface area contributed by atoms with Gasteiger partial charge in [0, 0.05) is 11.8 Å². The number of Topliss-reactive ketones (excluding diaryl/α,β-unsaturated/α-hetero) is 1. The summed E-state index contributed by atoms with van der Waals surface area (Å²) in [6, 6.07) is 0. The smallest absolute Gasteiger partial charge is 0.140 e. The van der Waals surface area contributed by atoms with Gasteiger partial charge < -0.3 is 0 Å². The van der Waals surface area contributed by atoms with Gasteiger partial charge in [-0.3, -0.25) is 4.79 Å². The van der Waals surface area contributed by atoms with E-state index in [1.54, 1.807) is 0 Å². The molecule has 1 nitrogen and oxygen atoms in total. The second kappa shape index (κ2) is 3.83. The second-order valence-electron chi connectivity index (χ2n) is 6.91. The molecule has 94 valence electrons. The first-order valence-corrected chi connectivity index (χ1v) is 6.62. The summed E-state index contributed by atoms with van der Waals surface area (Å²) in [5.41, 5.74) is 2.77. The summed E-state index contributed by atoms with van der Waals surface area (Å²) in [7, 11) is 0. The van der Waals surface area contributed by atoms with Crippen LogP contribution in [0.3, 0.4) is 0 Å². The fourth-order valence-electron chi connectivity index (χ4n) is 3.20. The van der Waals surface area contributed by atoms with Crippen molar-refractivity contribution in [3.05, 3.63) is 23.3 Å². The Labute approximate surface area is 105 Å². The molecule has 17 heavy (non-hydrogen) atoms. The number of rotatable bonds is 0. The van der Waals surface area contributed by atoms with Crippen LogP contribution in [0.25, 0.3) is 0 Å². The van der Waals surface area contributed by atoms with Crippen LogP contribution in [0.1, 0.15) is 53.9 Å². The van der Waals surface area contributed by atoms with Crippen molar-refractivity contribution in [1.29, 1.82) is 0 Å². The van der Waals surface area contributed by atoms with Crippen LogP contribution in [0.4, 0.5) is 0 Å². The van der Waals surface area contributed by atoms with E-state index in [0.717, 1.165) is 12.8 Å². The second-order valence-corrected chi connectivity index (χ2v) is 6.91. The molecule has 0 aromatic carbocycles. The maximum Gasteiger partial charge on any atom is 0.140 e. The van der Waals surface area contributed by atoms with Crippen LogP contribution in [0.15, 0.2) is 23.3 Å². The third-order valence-corrected chi connectivity index (χ3v) is 4.74. The molecule has 0 heterocycles. The molecule has 0 radical (unpaired) electrons. The topological polar surface area (TPSA) is 17.1 Å². The van der Waals surface area contributed by atoms with Crippen molar-refractivity contribution in [3.63, 3.8) is 0 Å². The number of allylic oxidation sites excluding steroid dienone is 4. The monoisotopic (exact) mass is 232 g/mol. The molecule has 1 heteroatoms. The summed E-state index contributed by atoms with van der Waals surface area (Å²) < 4.78 is 0. The highest BCUT2D eigenvalue weighted by atomic mass is 16.1. The molecule has 2 rings (SSSR count). The average molecular weight is 232 g/mol. The van der Waals surface area contributed by atoms with Gasteiger partial charge in [0.25, 0.3) is 0 Å². The van der Waals surface area contributed by atoms with Gasteiger partial charge in [0.05, 0.1) is 0 Å². The largest absolute Gasteiger partial charge is 0.299 e. The molecule has 0 aromatic rings. The van der Waals surface area contributed by atoms with Gasteiger partial charge in [-0.1, -0.05) is 44.1 Å². The summed E-state index contributed by atoms with van der Waals surface area (Å²) in [6.45, 7) is 10.9. The quantitative estimate of drug-likeness (QED) is 0.569. The lowest BCUT2D eigenvalue weighted by molar-refractivity contribution is -0.131. The molecule has 0 unspecified atom stereocenters. The normalized spacial score (nSPS) is 36.8. The van der Waals surface area contributed by atoms with Gasteiger partial charge in [0.15, 0.2) is 0 Å². The SMILES string of the molecule is CC1=C(C)C[C@@]2(C)C(=O)CC(C)(C)C=C[C@H]2C1. The number of ketones is 1. The highest BCUT2D eigenvalue weighted by Gasteiger charge is 2.45. The zero-order valence-electron chi connectivity index (χ0n) is 11.8. The summed E-state index contributed by atoms with van der Waals surface area (Å²) in [5, 5.41) is 0.